The predicted octanol–water partition coefficient (Wildman–Crippen LogP) is 2.31. The molecule has 0 radical (unpaired) electrons. The van der Waals surface area contributed by atoms with Gasteiger partial charge in [-0.05, 0) is 31.0 Å². The molecule has 2 atom stereocenters. The third-order valence-electron chi connectivity index (χ3n) is 3.97. The topological polar surface area (TPSA) is 58.6 Å². The fourth-order valence-corrected chi connectivity index (χ4v) is 3.66. The molecule has 2 rings (SSSR count). The highest BCUT2D eigenvalue weighted by Crippen LogP contribution is 2.25. The van der Waals surface area contributed by atoms with Crippen LogP contribution >= 0.6 is 0 Å². The Labute approximate surface area is 127 Å². The maximum atomic E-state index is 12.2. The first-order chi connectivity index (χ1) is 9.95. The summed E-state index contributed by atoms with van der Waals surface area (Å²) in [6, 6.07) is 7.21. The highest BCUT2D eigenvalue weighted by molar-refractivity contribution is 7.89. The minimum Gasteiger partial charge on any atom is -0.380 e. The lowest BCUT2D eigenvalue weighted by Gasteiger charge is -2.32. The van der Waals surface area contributed by atoms with Gasteiger partial charge in [0.15, 0.2) is 0 Å². The summed E-state index contributed by atoms with van der Waals surface area (Å²) in [5, 5.41) is 3.43. The molecule has 1 saturated carbocycles. The summed E-state index contributed by atoms with van der Waals surface area (Å²) < 4.78 is 31.1. The zero-order valence-electron chi connectivity index (χ0n) is 12.9. The predicted molar refractivity (Wildman–Crippen MR) is 84.0 cm³/mol. The molecule has 0 saturated heterocycles. The van der Waals surface area contributed by atoms with Gasteiger partial charge < -0.3 is 10.1 Å². The van der Waals surface area contributed by atoms with Crippen LogP contribution in [-0.2, 0) is 14.8 Å². The fraction of sp³-hybridized carbons (Fsp3) is 0.600. The zero-order valence-corrected chi connectivity index (χ0v) is 13.7. The second-order valence-electron chi connectivity index (χ2n) is 5.62. The molecule has 0 bridgehead atoms. The quantitative estimate of drug-likeness (QED) is 0.906. The van der Waals surface area contributed by atoms with E-state index in [0.29, 0.717) is 4.90 Å². The van der Waals surface area contributed by atoms with E-state index < -0.39 is 10.0 Å². The van der Waals surface area contributed by atoms with Gasteiger partial charge in [0.1, 0.15) is 0 Å². The Morgan fingerprint density at radius 1 is 1.24 bits per heavy atom. The number of hydrogen-bond donors (Lipinski definition) is 1. The van der Waals surface area contributed by atoms with Crippen molar-refractivity contribution in [3.63, 3.8) is 0 Å². The highest BCUT2D eigenvalue weighted by Gasteiger charge is 2.25. The molecule has 21 heavy (non-hydrogen) atoms. The van der Waals surface area contributed by atoms with Gasteiger partial charge in [0, 0.05) is 26.9 Å². The van der Waals surface area contributed by atoms with E-state index in [2.05, 4.69) is 5.32 Å². The molecule has 0 aliphatic heterocycles. The number of sulfonamides is 1. The first-order valence-corrected chi connectivity index (χ1v) is 8.71. The van der Waals surface area contributed by atoms with Crippen LogP contribution in [0, 0.1) is 0 Å². The van der Waals surface area contributed by atoms with Crippen LogP contribution in [-0.4, -0.2) is 46.1 Å². The minimum absolute atomic E-state index is 0.188. The Morgan fingerprint density at radius 3 is 2.62 bits per heavy atom. The number of methoxy groups -OCH3 is 1. The van der Waals surface area contributed by atoms with Gasteiger partial charge in [-0.3, -0.25) is 0 Å². The zero-order chi connectivity index (χ0) is 15.5. The van der Waals surface area contributed by atoms with Crippen molar-refractivity contribution in [3.8, 4) is 0 Å². The molecular weight excluding hydrogens is 288 g/mol. The summed E-state index contributed by atoms with van der Waals surface area (Å²) in [4.78, 5) is 0.308. The third-order valence-corrected chi connectivity index (χ3v) is 5.78. The second-order valence-corrected chi connectivity index (χ2v) is 7.78. The Bertz CT molecular complexity index is 572. The molecule has 1 fully saturated rings. The average Bonchev–Trinajstić information content (AvgIpc) is 2.48. The van der Waals surface area contributed by atoms with Crippen LogP contribution in [0.15, 0.2) is 29.2 Å². The Hall–Kier alpha value is -1.11. The van der Waals surface area contributed by atoms with Gasteiger partial charge in [-0.25, -0.2) is 12.7 Å². The Balaban J connectivity index is 2.18. The molecule has 0 heterocycles. The molecular formula is C15H24N2O3S. The first kappa shape index (κ1) is 16.3. The second kappa shape index (κ2) is 6.77. The number of hydrogen-bond acceptors (Lipinski definition) is 4. The van der Waals surface area contributed by atoms with E-state index in [-0.39, 0.29) is 12.1 Å². The molecule has 118 valence electrons. The van der Waals surface area contributed by atoms with Gasteiger partial charge in [-0.1, -0.05) is 18.9 Å². The molecule has 2 unspecified atom stereocenters. The Kier molecular flexibility index (Phi) is 5.24. The lowest BCUT2D eigenvalue weighted by molar-refractivity contribution is 0.0606. The molecule has 1 N–H and O–H groups in total. The van der Waals surface area contributed by atoms with Gasteiger partial charge in [-0.2, -0.15) is 0 Å². The SMILES string of the molecule is COC1CCCCC1Nc1cccc(S(=O)(=O)N(C)C)c1. The lowest BCUT2D eigenvalue weighted by atomic mass is 9.92. The van der Waals surface area contributed by atoms with Crippen LogP contribution in [0.1, 0.15) is 25.7 Å². The minimum atomic E-state index is -3.40. The third kappa shape index (κ3) is 3.75. The van der Waals surface area contributed by atoms with Crippen molar-refractivity contribution in [1.82, 2.24) is 4.31 Å². The number of ether oxygens (including phenoxy) is 1. The van der Waals surface area contributed by atoms with Gasteiger partial charge in [0.05, 0.1) is 17.0 Å². The summed E-state index contributed by atoms with van der Waals surface area (Å²) in [7, 11) is 1.41. The van der Waals surface area contributed by atoms with Crippen molar-refractivity contribution in [2.24, 2.45) is 0 Å². The van der Waals surface area contributed by atoms with Gasteiger partial charge in [0.2, 0.25) is 10.0 Å². The van der Waals surface area contributed by atoms with Gasteiger partial charge >= 0.3 is 0 Å². The van der Waals surface area contributed by atoms with Crippen LogP contribution in [0.3, 0.4) is 0 Å². The molecule has 1 aromatic carbocycles. The van der Waals surface area contributed by atoms with E-state index >= 15 is 0 Å². The molecule has 0 aromatic heterocycles. The van der Waals surface area contributed by atoms with E-state index in [4.69, 9.17) is 4.74 Å². The number of benzene rings is 1. The van der Waals surface area contributed by atoms with Crippen LogP contribution in [0.5, 0.6) is 0 Å². The summed E-state index contributed by atoms with van der Waals surface area (Å²) in [6.45, 7) is 0. The first-order valence-electron chi connectivity index (χ1n) is 7.27. The van der Waals surface area contributed by atoms with Crippen molar-refractivity contribution < 1.29 is 13.2 Å². The smallest absolute Gasteiger partial charge is 0.242 e. The molecule has 0 amide bonds. The summed E-state index contributed by atoms with van der Waals surface area (Å²) >= 11 is 0. The van der Waals surface area contributed by atoms with Crippen molar-refractivity contribution >= 4 is 15.7 Å². The highest BCUT2D eigenvalue weighted by atomic mass is 32.2. The molecule has 0 spiro atoms. The molecule has 1 aromatic rings. The maximum absolute atomic E-state index is 12.2. The van der Waals surface area contributed by atoms with Crippen LogP contribution in [0.25, 0.3) is 0 Å². The standard InChI is InChI=1S/C15H24N2O3S/c1-17(2)21(18,19)13-8-6-7-12(11-13)16-14-9-4-5-10-15(14)20-3/h6-8,11,14-16H,4-5,9-10H2,1-3H3. The molecule has 5 nitrogen and oxygen atoms in total. The van der Waals surface area contributed by atoms with Crippen molar-refractivity contribution in [2.45, 2.75) is 42.7 Å². The maximum Gasteiger partial charge on any atom is 0.242 e. The monoisotopic (exact) mass is 312 g/mol. The van der Waals surface area contributed by atoms with E-state index in [1.54, 1.807) is 25.3 Å². The number of anilines is 1. The number of nitrogens with one attached hydrogen (secondary N) is 1. The van der Waals surface area contributed by atoms with E-state index in [1.807, 2.05) is 6.07 Å². The number of nitrogens with zero attached hydrogens (tertiary/aromatic N) is 1. The summed E-state index contributed by atoms with van der Waals surface area (Å²) in [5.41, 5.74) is 0.826. The van der Waals surface area contributed by atoms with E-state index in [0.717, 1.165) is 18.5 Å². The normalized spacial score (nSPS) is 23.2. The van der Waals surface area contributed by atoms with E-state index in [9.17, 15) is 8.42 Å². The fourth-order valence-electron chi connectivity index (χ4n) is 2.72. The summed E-state index contributed by atoms with van der Waals surface area (Å²) in [5.74, 6) is 0. The Morgan fingerprint density at radius 2 is 1.95 bits per heavy atom. The van der Waals surface area contributed by atoms with Crippen LogP contribution < -0.4 is 5.32 Å². The van der Waals surface area contributed by atoms with Gasteiger partial charge in [0.25, 0.3) is 0 Å². The van der Waals surface area contributed by atoms with Gasteiger partial charge in [-0.15, -0.1) is 0 Å². The van der Waals surface area contributed by atoms with Crippen LogP contribution in [0.4, 0.5) is 5.69 Å². The molecule has 6 heteroatoms. The average molecular weight is 312 g/mol. The van der Waals surface area contributed by atoms with Crippen molar-refractivity contribution in [1.29, 1.82) is 0 Å². The molecule has 1 aliphatic carbocycles. The van der Waals surface area contributed by atoms with Crippen molar-refractivity contribution in [3.05, 3.63) is 24.3 Å². The largest absolute Gasteiger partial charge is 0.380 e. The van der Waals surface area contributed by atoms with Crippen molar-refractivity contribution in [2.75, 3.05) is 26.5 Å². The van der Waals surface area contributed by atoms with Crippen LogP contribution in [0.2, 0.25) is 0 Å². The summed E-state index contributed by atoms with van der Waals surface area (Å²) in [6.07, 6.45) is 4.64. The lowest BCUT2D eigenvalue weighted by Crippen LogP contribution is -2.37. The molecule has 1 aliphatic rings. The van der Waals surface area contributed by atoms with E-state index in [1.165, 1.54) is 31.2 Å². The number of rotatable bonds is 5.